The van der Waals surface area contributed by atoms with E-state index >= 15 is 0 Å². The van der Waals surface area contributed by atoms with Crippen LogP contribution in [-0.2, 0) is 6.54 Å². The Kier molecular flexibility index (Phi) is 3.47. The zero-order valence-electron chi connectivity index (χ0n) is 9.67. The second-order valence-electron chi connectivity index (χ2n) is 3.74. The summed E-state index contributed by atoms with van der Waals surface area (Å²) in [4.78, 5) is 4.38. The van der Waals surface area contributed by atoms with Gasteiger partial charge in [-0.2, -0.15) is 0 Å². The van der Waals surface area contributed by atoms with E-state index in [1.807, 2.05) is 24.6 Å². The van der Waals surface area contributed by atoms with Crippen molar-refractivity contribution < 1.29 is 4.39 Å². The van der Waals surface area contributed by atoms with Crippen molar-refractivity contribution in [3.05, 3.63) is 40.4 Å². The second kappa shape index (κ2) is 4.87. The van der Waals surface area contributed by atoms with E-state index in [0.29, 0.717) is 4.47 Å². The number of hydrogen-bond acceptors (Lipinski definition) is 2. The molecule has 1 aromatic heterocycles. The second-order valence-corrected chi connectivity index (χ2v) is 4.60. The lowest BCUT2D eigenvalue weighted by molar-refractivity contribution is 0.627. The van der Waals surface area contributed by atoms with Crippen molar-refractivity contribution in [2.24, 2.45) is 0 Å². The number of rotatable bonds is 3. The van der Waals surface area contributed by atoms with E-state index in [9.17, 15) is 4.39 Å². The molecule has 1 N–H and O–H groups in total. The summed E-state index contributed by atoms with van der Waals surface area (Å²) < 4.78 is 15.6. The maximum atomic E-state index is 13.0. The molecule has 2 rings (SSSR count). The highest BCUT2D eigenvalue weighted by molar-refractivity contribution is 9.10. The summed E-state index contributed by atoms with van der Waals surface area (Å²) in [6, 6.07) is 4.52. The SMILES string of the molecule is CCn1cc(C)nc1Nc1ccc(F)cc1Br. The van der Waals surface area contributed by atoms with E-state index in [0.717, 1.165) is 23.9 Å². The molecule has 0 saturated heterocycles. The van der Waals surface area contributed by atoms with Crippen LogP contribution in [0.1, 0.15) is 12.6 Å². The average molecular weight is 298 g/mol. The first kappa shape index (κ1) is 12.1. The first-order chi connectivity index (χ1) is 8.10. The minimum absolute atomic E-state index is 0.266. The highest BCUT2D eigenvalue weighted by Crippen LogP contribution is 2.26. The predicted molar refractivity (Wildman–Crippen MR) is 70.0 cm³/mol. The number of anilines is 2. The molecule has 90 valence electrons. The fourth-order valence-electron chi connectivity index (χ4n) is 1.60. The molecule has 0 fully saturated rings. The van der Waals surface area contributed by atoms with Gasteiger partial charge in [0.15, 0.2) is 0 Å². The molecule has 0 radical (unpaired) electrons. The van der Waals surface area contributed by atoms with Crippen LogP contribution in [0.5, 0.6) is 0 Å². The van der Waals surface area contributed by atoms with Crippen molar-refractivity contribution in [3.63, 3.8) is 0 Å². The fourth-order valence-corrected chi connectivity index (χ4v) is 2.05. The molecule has 0 bridgehead atoms. The summed E-state index contributed by atoms with van der Waals surface area (Å²) in [6.45, 7) is 4.82. The molecule has 0 amide bonds. The van der Waals surface area contributed by atoms with Gasteiger partial charge in [-0.1, -0.05) is 0 Å². The summed E-state index contributed by atoms with van der Waals surface area (Å²) in [6.07, 6.45) is 1.97. The van der Waals surface area contributed by atoms with E-state index < -0.39 is 0 Å². The normalized spacial score (nSPS) is 10.6. The number of aryl methyl sites for hydroxylation is 2. The molecule has 0 saturated carbocycles. The van der Waals surface area contributed by atoms with Crippen molar-refractivity contribution in [3.8, 4) is 0 Å². The number of halogens is 2. The summed E-state index contributed by atoms with van der Waals surface area (Å²) in [7, 11) is 0. The topological polar surface area (TPSA) is 29.9 Å². The van der Waals surface area contributed by atoms with Gasteiger partial charge >= 0.3 is 0 Å². The molecule has 0 spiro atoms. The van der Waals surface area contributed by atoms with Crippen molar-refractivity contribution in [2.45, 2.75) is 20.4 Å². The van der Waals surface area contributed by atoms with E-state index in [1.165, 1.54) is 12.1 Å². The van der Waals surface area contributed by atoms with Gasteiger partial charge in [0, 0.05) is 17.2 Å². The molecule has 0 atom stereocenters. The Bertz CT molecular complexity index is 537. The Morgan fingerprint density at radius 3 is 2.88 bits per heavy atom. The molecule has 5 heteroatoms. The zero-order chi connectivity index (χ0) is 12.4. The maximum Gasteiger partial charge on any atom is 0.207 e. The lowest BCUT2D eigenvalue weighted by Gasteiger charge is -2.09. The molecule has 1 heterocycles. The highest BCUT2D eigenvalue weighted by atomic mass is 79.9. The van der Waals surface area contributed by atoms with Gasteiger partial charge in [0.05, 0.1) is 11.4 Å². The van der Waals surface area contributed by atoms with Gasteiger partial charge in [0.1, 0.15) is 5.82 Å². The maximum absolute atomic E-state index is 13.0. The number of imidazole rings is 1. The first-order valence-electron chi connectivity index (χ1n) is 5.36. The Labute approximate surface area is 108 Å². The molecular weight excluding hydrogens is 285 g/mol. The van der Waals surface area contributed by atoms with Gasteiger partial charge in [-0.05, 0) is 48.0 Å². The highest BCUT2D eigenvalue weighted by Gasteiger charge is 2.07. The zero-order valence-corrected chi connectivity index (χ0v) is 11.3. The molecular formula is C12H13BrFN3. The van der Waals surface area contributed by atoms with Gasteiger partial charge in [-0.15, -0.1) is 0 Å². The van der Waals surface area contributed by atoms with Crippen LogP contribution in [0.4, 0.5) is 16.0 Å². The third kappa shape index (κ3) is 2.66. The summed E-state index contributed by atoms with van der Waals surface area (Å²) in [5.41, 5.74) is 1.75. The fraction of sp³-hybridized carbons (Fsp3) is 0.250. The summed E-state index contributed by atoms with van der Waals surface area (Å²) >= 11 is 3.32. The summed E-state index contributed by atoms with van der Waals surface area (Å²) in [5, 5.41) is 3.18. The van der Waals surface area contributed by atoms with Crippen LogP contribution in [-0.4, -0.2) is 9.55 Å². The third-order valence-electron chi connectivity index (χ3n) is 2.42. The lowest BCUT2D eigenvalue weighted by atomic mass is 10.3. The molecule has 2 aromatic rings. The number of benzene rings is 1. The van der Waals surface area contributed by atoms with Crippen molar-refractivity contribution in [1.82, 2.24) is 9.55 Å². The van der Waals surface area contributed by atoms with E-state index in [-0.39, 0.29) is 5.82 Å². The number of hydrogen-bond donors (Lipinski definition) is 1. The molecule has 3 nitrogen and oxygen atoms in total. The predicted octanol–water partition coefficient (Wildman–Crippen LogP) is 3.86. The van der Waals surface area contributed by atoms with Crippen LogP contribution in [0.3, 0.4) is 0 Å². The van der Waals surface area contributed by atoms with Gasteiger partial charge in [0.2, 0.25) is 5.95 Å². The van der Waals surface area contributed by atoms with Crippen LogP contribution >= 0.6 is 15.9 Å². The Hall–Kier alpha value is -1.36. The monoisotopic (exact) mass is 297 g/mol. The third-order valence-corrected chi connectivity index (χ3v) is 3.07. The molecule has 1 aromatic carbocycles. The average Bonchev–Trinajstić information content (AvgIpc) is 2.63. The lowest BCUT2D eigenvalue weighted by Crippen LogP contribution is -2.01. The minimum atomic E-state index is -0.266. The standard InChI is InChI=1S/C12H13BrFN3/c1-3-17-7-8(2)15-12(17)16-11-5-4-9(14)6-10(11)13/h4-7H,3H2,1-2H3,(H,15,16). The number of nitrogens with zero attached hydrogens (tertiary/aromatic N) is 2. The van der Waals surface area contributed by atoms with Crippen molar-refractivity contribution >= 4 is 27.6 Å². The van der Waals surface area contributed by atoms with Crippen LogP contribution in [0, 0.1) is 12.7 Å². The number of aromatic nitrogens is 2. The van der Waals surface area contributed by atoms with Crippen LogP contribution in [0.15, 0.2) is 28.9 Å². The number of nitrogens with one attached hydrogen (secondary N) is 1. The van der Waals surface area contributed by atoms with Gasteiger partial charge in [-0.3, -0.25) is 0 Å². The van der Waals surface area contributed by atoms with E-state index in [2.05, 4.69) is 26.2 Å². The van der Waals surface area contributed by atoms with Crippen LogP contribution < -0.4 is 5.32 Å². The molecule has 0 unspecified atom stereocenters. The summed E-state index contributed by atoms with van der Waals surface area (Å²) in [5.74, 6) is 0.495. The largest absolute Gasteiger partial charge is 0.325 e. The van der Waals surface area contributed by atoms with Crippen molar-refractivity contribution in [2.75, 3.05) is 5.32 Å². The Morgan fingerprint density at radius 2 is 2.24 bits per heavy atom. The quantitative estimate of drug-likeness (QED) is 0.932. The van der Waals surface area contributed by atoms with Crippen molar-refractivity contribution in [1.29, 1.82) is 0 Å². The van der Waals surface area contributed by atoms with Gasteiger partial charge in [-0.25, -0.2) is 9.37 Å². The smallest absolute Gasteiger partial charge is 0.207 e. The first-order valence-corrected chi connectivity index (χ1v) is 6.15. The van der Waals surface area contributed by atoms with E-state index in [1.54, 1.807) is 6.07 Å². The molecule has 17 heavy (non-hydrogen) atoms. The molecule has 0 aliphatic heterocycles. The molecule has 0 aliphatic rings. The van der Waals surface area contributed by atoms with Crippen LogP contribution in [0.25, 0.3) is 0 Å². The van der Waals surface area contributed by atoms with E-state index in [4.69, 9.17) is 0 Å². The Balaban J connectivity index is 2.30. The minimum Gasteiger partial charge on any atom is -0.325 e. The van der Waals surface area contributed by atoms with Gasteiger partial charge < -0.3 is 9.88 Å². The Morgan fingerprint density at radius 1 is 1.47 bits per heavy atom. The van der Waals surface area contributed by atoms with Gasteiger partial charge in [0.25, 0.3) is 0 Å². The van der Waals surface area contributed by atoms with Crippen LogP contribution in [0.2, 0.25) is 0 Å². The molecule has 0 aliphatic carbocycles.